The summed E-state index contributed by atoms with van der Waals surface area (Å²) in [5.41, 5.74) is -0.351. The number of alkyl carbamates (subject to hydrolysis) is 1. The summed E-state index contributed by atoms with van der Waals surface area (Å²) >= 11 is 5.61. The summed E-state index contributed by atoms with van der Waals surface area (Å²) < 4.78 is 42.2. The molecule has 1 saturated heterocycles. The van der Waals surface area contributed by atoms with Gasteiger partial charge in [0.25, 0.3) is 0 Å². The summed E-state index contributed by atoms with van der Waals surface area (Å²) in [5, 5.41) is 2.14. The molecule has 106 valence electrons. The number of nitrogens with one attached hydrogen (secondary N) is 1. The molecule has 1 aliphatic rings. The van der Waals surface area contributed by atoms with Gasteiger partial charge in [0.1, 0.15) is 0 Å². The van der Waals surface area contributed by atoms with E-state index >= 15 is 0 Å². The van der Waals surface area contributed by atoms with Gasteiger partial charge in [-0.05, 0) is 17.7 Å². The van der Waals surface area contributed by atoms with E-state index in [9.17, 15) is 18.0 Å². The van der Waals surface area contributed by atoms with Gasteiger partial charge in [-0.25, -0.2) is 4.79 Å². The van der Waals surface area contributed by atoms with E-state index in [-0.39, 0.29) is 30.1 Å². The second kappa shape index (κ2) is 5.88. The molecular formula is C11H10Cl2F3NO2. The summed E-state index contributed by atoms with van der Waals surface area (Å²) in [5.74, 6) is 0. The van der Waals surface area contributed by atoms with Crippen LogP contribution in [0.5, 0.6) is 0 Å². The Kier molecular flexibility index (Phi) is 4.92. The van der Waals surface area contributed by atoms with Crippen molar-refractivity contribution in [3.05, 3.63) is 34.3 Å². The average molecular weight is 316 g/mol. The fraction of sp³-hybridized carbons (Fsp3) is 0.364. The highest BCUT2D eigenvalue weighted by Gasteiger charge is 2.33. The number of ether oxygens (including phenoxy) is 1. The maximum absolute atomic E-state index is 12.5. The average Bonchev–Trinajstić information content (AvgIpc) is 2.27. The number of rotatable bonds is 1. The molecule has 0 aromatic heterocycles. The predicted octanol–water partition coefficient (Wildman–Crippen LogP) is 3.95. The molecule has 1 aromatic rings. The number of amides is 1. The van der Waals surface area contributed by atoms with Gasteiger partial charge in [0.2, 0.25) is 0 Å². The molecule has 1 heterocycles. The summed E-state index contributed by atoms with van der Waals surface area (Å²) in [4.78, 5) is 11.0. The van der Waals surface area contributed by atoms with Crippen LogP contribution in [0.1, 0.15) is 23.6 Å². The summed E-state index contributed by atoms with van der Waals surface area (Å²) in [6.45, 7) is 0.231. The van der Waals surface area contributed by atoms with Gasteiger partial charge in [0.05, 0.1) is 23.2 Å². The fourth-order valence-corrected chi connectivity index (χ4v) is 2.05. The molecular weight excluding hydrogens is 306 g/mol. The molecule has 1 N–H and O–H groups in total. The third-order valence-corrected chi connectivity index (χ3v) is 2.95. The van der Waals surface area contributed by atoms with E-state index in [2.05, 4.69) is 10.1 Å². The van der Waals surface area contributed by atoms with Crippen LogP contribution >= 0.6 is 24.0 Å². The van der Waals surface area contributed by atoms with Crippen molar-refractivity contribution in [2.45, 2.75) is 18.6 Å². The zero-order valence-electron chi connectivity index (χ0n) is 9.46. The smallest absolute Gasteiger partial charge is 0.417 e. The van der Waals surface area contributed by atoms with Crippen LogP contribution in [0.15, 0.2) is 18.2 Å². The molecule has 0 radical (unpaired) electrons. The molecule has 1 aliphatic heterocycles. The van der Waals surface area contributed by atoms with Crippen molar-refractivity contribution < 1.29 is 22.7 Å². The highest BCUT2D eigenvalue weighted by molar-refractivity contribution is 6.31. The lowest BCUT2D eigenvalue weighted by Crippen LogP contribution is -2.35. The Morgan fingerprint density at radius 1 is 1.37 bits per heavy atom. The van der Waals surface area contributed by atoms with E-state index in [1.165, 1.54) is 12.1 Å². The van der Waals surface area contributed by atoms with Gasteiger partial charge in [-0.3, -0.25) is 0 Å². The normalized spacial score (nSPS) is 19.2. The summed E-state index contributed by atoms with van der Waals surface area (Å²) in [6.07, 6.45) is -4.57. The monoisotopic (exact) mass is 315 g/mol. The Labute approximate surface area is 118 Å². The van der Waals surface area contributed by atoms with Gasteiger partial charge in [-0.15, -0.1) is 12.4 Å². The standard InChI is InChI=1S/C11H9ClF3NO2.ClH/c12-8-5-6(1-2-7(8)11(13,14)15)9-3-4-18-10(17)16-9;/h1-2,5,9H,3-4H2,(H,16,17);1H/t9-;/m0./s1. The van der Waals surface area contributed by atoms with E-state index in [0.29, 0.717) is 12.0 Å². The Morgan fingerprint density at radius 2 is 2.05 bits per heavy atom. The van der Waals surface area contributed by atoms with Gasteiger partial charge in [-0.2, -0.15) is 13.2 Å². The minimum atomic E-state index is -4.48. The number of carbonyl (C=O) groups is 1. The lowest BCUT2D eigenvalue weighted by atomic mass is 10.0. The molecule has 0 unspecified atom stereocenters. The number of hydrogen-bond acceptors (Lipinski definition) is 2. The number of alkyl halides is 3. The first-order chi connectivity index (χ1) is 8.38. The predicted molar refractivity (Wildman–Crippen MR) is 65.5 cm³/mol. The SMILES string of the molecule is Cl.O=C1N[C@H](c2ccc(C(F)(F)F)c(Cl)c2)CCO1. The highest BCUT2D eigenvalue weighted by atomic mass is 35.5. The van der Waals surface area contributed by atoms with Gasteiger partial charge in [-0.1, -0.05) is 17.7 Å². The largest absolute Gasteiger partial charge is 0.449 e. The second-order valence-corrected chi connectivity index (χ2v) is 4.27. The van der Waals surface area contributed by atoms with Crippen LogP contribution in [-0.4, -0.2) is 12.7 Å². The summed E-state index contributed by atoms with van der Waals surface area (Å²) in [7, 11) is 0. The number of hydrogen-bond donors (Lipinski definition) is 1. The maximum Gasteiger partial charge on any atom is 0.417 e. The van der Waals surface area contributed by atoms with Crippen molar-refractivity contribution in [3.8, 4) is 0 Å². The highest BCUT2D eigenvalue weighted by Crippen LogP contribution is 2.36. The molecule has 0 saturated carbocycles. The molecule has 0 bridgehead atoms. The number of cyclic esters (lactones) is 1. The zero-order valence-corrected chi connectivity index (χ0v) is 11.0. The van der Waals surface area contributed by atoms with Crippen LogP contribution in [-0.2, 0) is 10.9 Å². The Bertz CT molecular complexity index is 479. The van der Waals surface area contributed by atoms with Gasteiger partial charge >= 0.3 is 12.3 Å². The molecule has 1 aromatic carbocycles. The molecule has 1 atom stereocenters. The Balaban J connectivity index is 0.00000180. The molecule has 0 spiro atoms. The maximum atomic E-state index is 12.5. The molecule has 2 rings (SSSR count). The van der Waals surface area contributed by atoms with Crippen molar-refractivity contribution in [3.63, 3.8) is 0 Å². The van der Waals surface area contributed by atoms with Crippen molar-refractivity contribution in [2.75, 3.05) is 6.61 Å². The van der Waals surface area contributed by atoms with Crippen molar-refractivity contribution in [2.24, 2.45) is 0 Å². The van der Waals surface area contributed by atoms with E-state index in [1.54, 1.807) is 0 Å². The summed E-state index contributed by atoms with van der Waals surface area (Å²) in [6, 6.07) is 3.08. The third kappa shape index (κ3) is 3.67. The van der Waals surface area contributed by atoms with Crippen LogP contribution in [0.2, 0.25) is 5.02 Å². The van der Waals surface area contributed by atoms with Crippen molar-refractivity contribution in [1.82, 2.24) is 5.32 Å². The molecule has 0 aliphatic carbocycles. The van der Waals surface area contributed by atoms with Crippen LogP contribution in [0.25, 0.3) is 0 Å². The topological polar surface area (TPSA) is 38.3 Å². The fourth-order valence-electron chi connectivity index (χ4n) is 1.75. The lowest BCUT2D eigenvalue weighted by Gasteiger charge is -2.24. The number of carbonyl (C=O) groups excluding carboxylic acids is 1. The van der Waals surface area contributed by atoms with E-state index in [1.807, 2.05) is 0 Å². The van der Waals surface area contributed by atoms with Crippen LogP contribution in [0, 0.1) is 0 Å². The molecule has 1 fully saturated rings. The van der Waals surface area contributed by atoms with Gasteiger partial charge in [0.15, 0.2) is 0 Å². The first-order valence-electron chi connectivity index (χ1n) is 5.18. The number of benzene rings is 1. The van der Waals surface area contributed by atoms with Gasteiger partial charge in [0, 0.05) is 6.42 Å². The molecule has 19 heavy (non-hydrogen) atoms. The van der Waals surface area contributed by atoms with Crippen LogP contribution in [0.4, 0.5) is 18.0 Å². The number of halogens is 5. The minimum absolute atomic E-state index is 0. The van der Waals surface area contributed by atoms with Crippen molar-refractivity contribution in [1.29, 1.82) is 0 Å². The molecule has 8 heteroatoms. The first kappa shape index (κ1) is 15.9. The van der Waals surface area contributed by atoms with Gasteiger partial charge < -0.3 is 10.1 Å². The third-order valence-electron chi connectivity index (χ3n) is 2.63. The van der Waals surface area contributed by atoms with Crippen LogP contribution < -0.4 is 5.32 Å². The van der Waals surface area contributed by atoms with E-state index < -0.39 is 17.8 Å². The zero-order chi connectivity index (χ0) is 13.3. The Morgan fingerprint density at radius 3 is 2.58 bits per heavy atom. The van der Waals surface area contributed by atoms with Crippen molar-refractivity contribution >= 4 is 30.1 Å². The second-order valence-electron chi connectivity index (χ2n) is 3.86. The quantitative estimate of drug-likeness (QED) is 0.852. The molecule has 3 nitrogen and oxygen atoms in total. The lowest BCUT2D eigenvalue weighted by molar-refractivity contribution is -0.137. The van der Waals surface area contributed by atoms with Crippen LogP contribution in [0.3, 0.4) is 0 Å². The molecule has 1 amide bonds. The Hall–Kier alpha value is -1.14. The first-order valence-corrected chi connectivity index (χ1v) is 5.55. The van der Waals surface area contributed by atoms with E-state index in [0.717, 1.165) is 6.07 Å². The van der Waals surface area contributed by atoms with E-state index in [4.69, 9.17) is 11.6 Å². The minimum Gasteiger partial charge on any atom is -0.449 e.